The first-order chi connectivity index (χ1) is 15.3. The number of aromatic nitrogens is 6. The fourth-order valence-electron chi connectivity index (χ4n) is 3.84. The number of nitrogens with zero attached hydrogens (tertiary/aromatic N) is 6. The Morgan fingerprint density at radius 2 is 1.71 bits per heavy atom. The summed E-state index contributed by atoms with van der Waals surface area (Å²) in [7, 11) is 0. The van der Waals surface area contributed by atoms with Crippen molar-refractivity contribution in [1.29, 1.82) is 0 Å². The summed E-state index contributed by atoms with van der Waals surface area (Å²) in [6.45, 7) is 1.87. The zero-order chi connectivity index (χ0) is 20.8. The molecule has 0 saturated carbocycles. The molecule has 0 aliphatic heterocycles. The van der Waals surface area contributed by atoms with Crippen LogP contribution in [0.2, 0.25) is 0 Å². The van der Waals surface area contributed by atoms with Gasteiger partial charge in [0.1, 0.15) is 11.5 Å². The second-order valence-electron chi connectivity index (χ2n) is 7.28. The van der Waals surface area contributed by atoms with Crippen LogP contribution in [0.4, 0.5) is 0 Å². The molecular weight excluding hydrogens is 388 g/mol. The first-order valence-corrected chi connectivity index (χ1v) is 9.86. The molecule has 0 aliphatic rings. The standard InChI is InChI=1S/C24H16N6O/c1-15-21(22(29-31-15)16-6-3-2-4-7-16)24-28-27-23-20-12-17(18-8-5-11-25-13-18)9-10-19(20)14-26-30(23)24/h2-14H,1H3. The number of rotatable bonds is 3. The van der Waals surface area contributed by atoms with E-state index in [1.165, 1.54) is 0 Å². The molecule has 148 valence electrons. The van der Waals surface area contributed by atoms with Crippen LogP contribution in [0.25, 0.3) is 50.2 Å². The van der Waals surface area contributed by atoms with E-state index in [4.69, 9.17) is 4.52 Å². The maximum Gasteiger partial charge on any atom is 0.191 e. The zero-order valence-electron chi connectivity index (χ0n) is 16.6. The summed E-state index contributed by atoms with van der Waals surface area (Å²) in [4.78, 5) is 4.23. The Bertz CT molecular complexity index is 1540. The van der Waals surface area contributed by atoms with E-state index >= 15 is 0 Å². The van der Waals surface area contributed by atoms with Gasteiger partial charge in [0, 0.05) is 34.3 Å². The van der Waals surface area contributed by atoms with Crippen LogP contribution in [-0.2, 0) is 0 Å². The summed E-state index contributed by atoms with van der Waals surface area (Å²) in [5, 5.41) is 19.8. The molecule has 0 fully saturated rings. The van der Waals surface area contributed by atoms with Crippen molar-refractivity contribution in [1.82, 2.24) is 30.0 Å². The molecule has 0 saturated heterocycles. The first kappa shape index (κ1) is 17.5. The molecule has 7 heteroatoms. The fourth-order valence-corrected chi connectivity index (χ4v) is 3.84. The highest BCUT2D eigenvalue weighted by Crippen LogP contribution is 2.34. The number of benzene rings is 2. The molecular formula is C24H16N6O. The lowest BCUT2D eigenvalue weighted by Crippen LogP contribution is -1.97. The number of aryl methyl sites for hydroxylation is 1. The normalized spacial score (nSPS) is 11.4. The van der Waals surface area contributed by atoms with Crippen molar-refractivity contribution < 1.29 is 4.52 Å². The van der Waals surface area contributed by atoms with Crippen LogP contribution in [-0.4, -0.2) is 30.0 Å². The first-order valence-electron chi connectivity index (χ1n) is 9.86. The highest BCUT2D eigenvalue weighted by atomic mass is 16.5. The van der Waals surface area contributed by atoms with Gasteiger partial charge in [-0.1, -0.05) is 53.7 Å². The Hall–Kier alpha value is -4.39. The largest absolute Gasteiger partial charge is 0.360 e. The van der Waals surface area contributed by atoms with E-state index in [0.717, 1.165) is 38.7 Å². The average molecular weight is 404 g/mol. The number of hydrogen-bond donors (Lipinski definition) is 0. The van der Waals surface area contributed by atoms with Crippen LogP contribution in [0.15, 0.2) is 83.8 Å². The van der Waals surface area contributed by atoms with E-state index in [1.807, 2.05) is 67.8 Å². The second-order valence-corrected chi connectivity index (χ2v) is 7.28. The van der Waals surface area contributed by atoms with Crippen LogP contribution in [0.1, 0.15) is 5.76 Å². The van der Waals surface area contributed by atoms with E-state index in [0.29, 0.717) is 17.2 Å². The van der Waals surface area contributed by atoms with Crippen molar-refractivity contribution in [3.8, 4) is 33.8 Å². The van der Waals surface area contributed by atoms with E-state index in [2.05, 4.69) is 37.6 Å². The van der Waals surface area contributed by atoms with Crippen molar-refractivity contribution in [3.05, 3.63) is 85.0 Å². The van der Waals surface area contributed by atoms with Crippen molar-refractivity contribution in [3.63, 3.8) is 0 Å². The second kappa shape index (κ2) is 6.84. The average Bonchev–Trinajstić information content (AvgIpc) is 3.43. The number of hydrogen-bond acceptors (Lipinski definition) is 6. The van der Waals surface area contributed by atoms with Gasteiger partial charge in [-0.2, -0.15) is 9.61 Å². The van der Waals surface area contributed by atoms with Gasteiger partial charge in [-0.25, -0.2) is 0 Å². The summed E-state index contributed by atoms with van der Waals surface area (Å²) < 4.78 is 7.27. The monoisotopic (exact) mass is 404 g/mol. The van der Waals surface area contributed by atoms with E-state index in [-0.39, 0.29) is 0 Å². The quantitative estimate of drug-likeness (QED) is 0.414. The molecule has 31 heavy (non-hydrogen) atoms. The van der Waals surface area contributed by atoms with Crippen molar-refractivity contribution in [2.45, 2.75) is 6.92 Å². The maximum atomic E-state index is 5.52. The summed E-state index contributed by atoms with van der Waals surface area (Å²) in [6, 6.07) is 20.1. The van der Waals surface area contributed by atoms with Crippen LogP contribution in [0.3, 0.4) is 0 Å². The molecule has 0 atom stereocenters. The molecule has 2 aromatic carbocycles. The fraction of sp³-hybridized carbons (Fsp3) is 0.0417. The van der Waals surface area contributed by atoms with Crippen LogP contribution in [0, 0.1) is 6.92 Å². The van der Waals surface area contributed by atoms with Gasteiger partial charge < -0.3 is 4.52 Å². The highest BCUT2D eigenvalue weighted by Gasteiger charge is 2.22. The van der Waals surface area contributed by atoms with Gasteiger partial charge >= 0.3 is 0 Å². The lowest BCUT2D eigenvalue weighted by molar-refractivity contribution is 0.400. The molecule has 0 N–H and O–H groups in total. The lowest BCUT2D eigenvalue weighted by atomic mass is 10.0. The molecule has 4 aromatic heterocycles. The van der Waals surface area contributed by atoms with Crippen LogP contribution < -0.4 is 0 Å². The van der Waals surface area contributed by atoms with Gasteiger partial charge in [0.2, 0.25) is 0 Å². The third-order valence-corrected chi connectivity index (χ3v) is 5.38. The van der Waals surface area contributed by atoms with Gasteiger partial charge in [-0.05, 0) is 24.6 Å². The maximum absolute atomic E-state index is 5.52. The minimum absolute atomic E-state index is 0.598. The Morgan fingerprint density at radius 3 is 2.55 bits per heavy atom. The topological polar surface area (TPSA) is 82.0 Å². The molecule has 0 unspecified atom stereocenters. The molecule has 6 aromatic rings. The molecule has 0 radical (unpaired) electrons. The van der Waals surface area contributed by atoms with E-state index < -0.39 is 0 Å². The van der Waals surface area contributed by atoms with Crippen molar-refractivity contribution in [2.75, 3.05) is 0 Å². The minimum atomic E-state index is 0.598. The predicted molar refractivity (Wildman–Crippen MR) is 117 cm³/mol. The Balaban J connectivity index is 1.58. The van der Waals surface area contributed by atoms with Crippen LogP contribution in [0.5, 0.6) is 0 Å². The van der Waals surface area contributed by atoms with Gasteiger partial charge in [0.15, 0.2) is 11.5 Å². The molecule has 0 aliphatic carbocycles. The van der Waals surface area contributed by atoms with Gasteiger partial charge in [0.05, 0.1) is 11.8 Å². The number of fused-ring (bicyclic) bond motifs is 3. The molecule has 6 rings (SSSR count). The van der Waals surface area contributed by atoms with Crippen molar-refractivity contribution >= 4 is 16.4 Å². The molecule has 0 bridgehead atoms. The molecule has 7 nitrogen and oxygen atoms in total. The summed E-state index contributed by atoms with van der Waals surface area (Å²) in [5.74, 6) is 1.26. The molecule has 0 amide bonds. The zero-order valence-corrected chi connectivity index (χ0v) is 16.6. The third-order valence-electron chi connectivity index (χ3n) is 5.38. The van der Waals surface area contributed by atoms with E-state index in [9.17, 15) is 0 Å². The smallest absolute Gasteiger partial charge is 0.191 e. The number of pyridine rings is 1. The molecule has 4 heterocycles. The van der Waals surface area contributed by atoms with Gasteiger partial charge in [-0.3, -0.25) is 4.98 Å². The highest BCUT2D eigenvalue weighted by molar-refractivity contribution is 5.96. The van der Waals surface area contributed by atoms with Crippen LogP contribution >= 0.6 is 0 Å². The van der Waals surface area contributed by atoms with Crippen molar-refractivity contribution in [2.24, 2.45) is 0 Å². The predicted octanol–water partition coefficient (Wildman–Crippen LogP) is 4.97. The lowest BCUT2D eigenvalue weighted by Gasteiger charge is -2.05. The van der Waals surface area contributed by atoms with E-state index in [1.54, 1.807) is 10.7 Å². The van der Waals surface area contributed by atoms with Gasteiger partial charge in [-0.15, -0.1) is 10.2 Å². The summed E-state index contributed by atoms with van der Waals surface area (Å²) >= 11 is 0. The summed E-state index contributed by atoms with van der Waals surface area (Å²) in [6.07, 6.45) is 5.44. The van der Waals surface area contributed by atoms with Gasteiger partial charge in [0.25, 0.3) is 0 Å². The minimum Gasteiger partial charge on any atom is -0.360 e. The summed E-state index contributed by atoms with van der Waals surface area (Å²) in [5.41, 5.74) is 5.24. The third kappa shape index (κ3) is 2.78. The Kier molecular flexibility index (Phi) is 3.86. The Morgan fingerprint density at radius 1 is 0.839 bits per heavy atom. The molecule has 0 spiro atoms. The Labute approximate surface area is 177 Å². The SMILES string of the molecule is Cc1onc(-c2ccccc2)c1-c1nnc2c3cc(-c4cccnc4)ccc3cnn12.